The number of ether oxygens (including phenoxy) is 3. The molecule has 0 amide bonds. The molecule has 0 N–H and O–H groups in total. The van der Waals surface area contributed by atoms with Crippen LogP contribution in [0.4, 0.5) is 0 Å². The maximum Gasteiger partial charge on any atom is 0.338 e. The molecule has 0 fully saturated rings. The van der Waals surface area contributed by atoms with Crippen LogP contribution >= 0.6 is 27.3 Å². The Labute approximate surface area is 250 Å². The van der Waals surface area contributed by atoms with Gasteiger partial charge in [-0.25, -0.2) is 9.79 Å². The highest BCUT2D eigenvalue weighted by Gasteiger charge is 2.33. The van der Waals surface area contributed by atoms with E-state index in [0.717, 1.165) is 21.2 Å². The monoisotopic (exact) mass is 632 g/mol. The minimum atomic E-state index is -0.646. The average molecular weight is 634 g/mol. The van der Waals surface area contributed by atoms with Crippen molar-refractivity contribution < 1.29 is 19.0 Å². The van der Waals surface area contributed by atoms with E-state index in [-0.39, 0.29) is 5.56 Å². The van der Waals surface area contributed by atoms with E-state index in [9.17, 15) is 9.59 Å². The Morgan fingerprint density at radius 2 is 1.80 bits per heavy atom. The van der Waals surface area contributed by atoms with Crippen molar-refractivity contribution in [3.63, 3.8) is 0 Å². The molecule has 1 atom stereocenters. The van der Waals surface area contributed by atoms with E-state index >= 15 is 0 Å². The molecule has 210 valence electrons. The standard InChI is InChI=1S/C32H29BrN2O5S/c1-5-24-28(31(37)39-4)29(21-9-7-6-8-10-21)35-30(36)27(41-32(35)34-24)16-22-15-25(38-3)26(17-23(22)33)40-18-20-13-11-19(2)12-14-20/h6-17,29H,5,18H2,1-4H3/b27-16-/t29-/m1/s1. The lowest BCUT2D eigenvalue weighted by Gasteiger charge is -2.25. The van der Waals surface area contributed by atoms with Crippen LogP contribution in [0.25, 0.3) is 6.08 Å². The molecule has 1 aliphatic rings. The van der Waals surface area contributed by atoms with Crippen molar-refractivity contribution in [3.8, 4) is 11.5 Å². The fraction of sp³-hybridized carbons (Fsp3) is 0.219. The van der Waals surface area contributed by atoms with Crippen LogP contribution in [0, 0.1) is 6.92 Å². The van der Waals surface area contributed by atoms with Crippen molar-refractivity contribution in [3.05, 3.63) is 124 Å². The number of methoxy groups -OCH3 is 2. The van der Waals surface area contributed by atoms with Crippen molar-refractivity contribution in [2.45, 2.75) is 32.9 Å². The third-order valence-electron chi connectivity index (χ3n) is 6.85. The highest BCUT2D eigenvalue weighted by molar-refractivity contribution is 9.10. The third kappa shape index (κ3) is 5.78. The van der Waals surface area contributed by atoms with Gasteiger partial charge in [0.1, 0.15) is 6.61 Å². The summed E-state index contributed by atoms with van der Waals surface area (Å²) in [4.78, 5) is 32.1. The molecule has 3 aromatic carbocycles. The molecule has 0 bridgehead atoms. The highest BCUT2D eigenvalue weighted by atomic mass is 79.9. The van der Waals surface area contributed by atoms with Crippen LogP contribution in [0.15, 0.2) is 92.3 Å². The summed E-state index contributed by atoms with van der Waals surface area (Å²) in [6.07, 6.45) is 2.32. The first kappa shape index (κ1) is 28.6. The number of thiazole rings is 1. The number of rotatable bonds is 8. The fourth-order valence-electron chi connectivity index (χ4n) is 4.74. The molecule has 7 nitrogen and oxygen atoms in total. The summed E-state index contributed by atoms with van der Waals surface area (Å²) >= 11 is 4.92. The quantitative estimate of drug-likeness (QED) is 0.241. The van der Waals surface area contributed by atoms with Crippen LogP contribution in [0.3, 0.4) is 0 Å². The van der Waals surface area contributed by atoms with Crippen LogP contribution in [-0.4, -0.2) is 24.8 Å². The van der Waals surface area contributed by atoms with E-state index in [1.54, 1.807) is 17.8 Å². The third-order valence-corrected chi connectivity index (χ3v) is 8.52. The number of benzene rings is 3. The molecular formula is C32H29BrN2O5S. The van der Waals surface area contributed by atoms with Gasteiger partial charge in [0.25, 0.3) is 5.56 Å². The second kappa shape index (κ2) is 12.3. The van der Waals surface area contributed by atoms with Crippen molar-refractivity contribution in [1.29, 1.82) is 0 Å². The first-order valence-corrected chi connectivity index (χ1v) is 14.7. The second-order valence-electron chi connectivity index (χ2n) is 9.50. The Balaban J connectivity index is 1.58. The van der Waals surface area contributed by atoms with Crippen molar-refractivity contribution >= 4 is 39.3 Å². The predicted octanol–water partition coefficient (Wildman–Crippen LogP) is 5.46. The van der Waals surface area contributed by atoms with Crippen LogP contribution in [0.1, 0.15) is 41.6 Å². The van der Waals surface area contributed by atoms with Crippen LogP contribution in [0.2, 0.25) is 0 Å². The zero-order chi connectivity index (χ0) is 29.1. The predicted molar refractivity (Wildman–Crippen MR) is 163 cm³/mol. The summed E-state index contributed by atoms with van der Waals surface area (Å²) in [6, 6.07) is 20.7. The van der Waals surface area contributed by atoms with E-state index < -0.39 is 12.0 Å². The Hall–Kier alpha value is -3.95. The normalized spacial score (nSPS) is 14.9. The summed E-state index contributed by atoms with van der Waals surface area (Å²) in [6.45, 7) is 4.37. The van der Waals surface area contributed by atoms with Gasteiger partial charge in [-0.15, -0.1) is 0 Å². The molecule has 0 saturated heterocycles. The zero-order valence-electron chi connectivity index (χ0n) is 23.1. The lowest BCUT2D eigenvalue weighted by atomic mass is 9.95. The number of carbonyl (C=O) groups is 1. The van der Waals surface area contributed by atoms with Gasteiger partial charge in [0.15, 0.2) is 16.3 Å². The van der Waals surface area contributed by atoms with Gasteiger partial charge < -0.3 is 14.2 Å². The topological polar surface area (TPSA) is 79.1 Å². The number of hydrogen-bond donors (Lipinski definition) is 0. The lowest BCUT2D eigenvalue weighted by Crippen LogP contribution is -2.40. The lowest BCUT2D eigenvalue weighted by molar-refractivity contribution is -0.136. The number of carbonyl (C=O) groups excluding carboxylic acids is 1. The van der Waals surface area contributed by atoms with Crippen LogP contribution < -0.4 is 24.4 Å². The van der Waals surface area contributed by atoms with Gasteiger partial charge in [0, 0.05) is 4.47 Å². The van der Waals surface area contributed by atoms with Crippen molar-refractivity contribution in [2.75, 3.05) is 14.2 Å². The molecule has 4 aromatic rings. The number of hydrogen-bond acceptors (Lipinski definition) is 7. The fourth-order valence-corrected chi connectivity index (χ4v) is 6.18. The Bertz CT molecular complexity index is 1810. The molecular weight excluding hydrogens is 604 g/mol. The van der Waals surface area contributed by atoms with E-state index in [4.69, 9.17) is 19.2 Å². The molecule has 2 heterocycles. The molecule has 1 aliphatic heterocycles. The van der Waals surface area contributed by atoms with Crippen molar-refractivity contribution in [2.24, 2.45) is 4.99 Å². The summed E-state index contributed by atoms with van der Waals surface area (Å²) in [7, 11) is 2.93. The average Bonchev–Trinajstić information content (AvgIpc) is 3.31. The molecule has 0 radical (unpaired) electrons. The minimum Gasteiger partial charge on any atom is -0.493 e. The molecule has 0 saturated carbocycles. The van der Waals surface area contributed by atoms with Crippen LogP contribution in [-0.2, 0) is 16.1 Å². The summed E-state index contributed by atoms with van der Waals surface area (Å²) in [5.41, 5.74) is 4.52. The number of fused-ring (bicyclic) bond motifs is 1. The van der Waals surface area contributed by atoms with E-state index in [0.29, 0.717) is 45.1 Å². The molecule has 0 aliphatic carbocycles. The first-order valence-electron chi connectivity index (χ1n) is 13.1. The minimum absolute atomic E-state index is 0.246. The largest absolute Gasteiger partial charge is 0.493 e. The first-order chi connectivity index (χ1) is 19.8. The van der Waals surface area contributed by atoms with Gasteiger partial charge in [-0.05, 0) is 48.2 Å². The zero-order valence-corrected chi connectivity index (χ0v) is 25.5. The van der Waals surface area contributed by atoms with Gasteiger partial charge in [0.05, 0.1) is 36.1 Å². The summed E-state index contributed by atoms with van der Waals surface area (Å²) < 4.78 is 19.6. The Morgan fingerprint density at radius 1 is 1.07 bits per heavy atom. The van der Waals surface area contributed by atoms with Crippen molar-refractivity contribution in [1.82, 2.24) is 4.57 Å². The molecule has 0 spiro atoms. The van der Waals surface area contributed by atoms with E-state index in [1.807, 2.05) is 80.6 Å². The number of allylic oxidation sites excluding steroid dienone is 1. The molecule has 1 aromatic heterocycles. The molecule has 5 rings (SSSR count). The Morgan fingerprint density at radius 3 is 2.46 bits per heavy atom. The maximum atomic E-state index is 13.9. The number of aromatic nitrogens is 1. The number of esters is 1. The van der Waals surface area contributed by atoms with Gasteiger partial charge in [-0.3, -0.25) is 9.36 Å². The van der Waals surface area contributed by atoms with Gasteiger partial charge in [-0.1, -0.05) is 94.4 Å². The summed E-state index contributed by atoms with van der Waals surface area (Å²) in [5.74, 6) is 0.628. The van der Waals surface area contributed by atoms with Crippen LogP contribution in [0.5, 0.6) is 11.5 Å². The molecule has 41 heavy (non-hydrogen) atoms. The number of aryl methyl sites for hydroxylation is 1. The summed E-state index contributed by atoms with van der Waals surface area (Å²) in [5, 5.41) is 0. The molecule has 0 unspecified atom stereocenters. The SMILES string of the molecule is CCC1=C(C(=O)OC)[C@@H](c2ccccc2)n2c(s/c(=C\c3cc(OC)c(OCc4ccc(C)cc4)cc3Br)c2=O)=N1. The number of nitrogens with zero attached hydrogens (tertiary/aromatic N) is 2. The van der Waals surface area contributed by atoms with Gasteiger partial charge in [0.2, 0.25) is 0 Å². The Kier molecular flexibility index (Phi) is 8.56. The smallest absolute Gasteiger partial charge is 0.338 e. The van der Waals surface area contributed by atoms with E-state index in [1.165, 1.54) is 24.0 Å². The second-order valence-corrected chi connectivity index (χ2v) is 11.4. The highest BCUT2D eigenvalue weighted by Crippen LogP contribution is 2.35. The van der Waals surface area contributed by atoms with Gasteiger partial charge in [-0.2, -0.15) is 0 Å². The number of halogens is 1. The molecule has 9 heteroatoms. The van der Waals surface area contributed by atoms with E-state index in [2.05, 4.69) is 15.9 Å². The van der Waals surface area contributed by atoms with Gasteiger partial charge >= 0.3 is 5.97 Å². The maximum absolute atomic E-state index is 13.9.